The van der Waals surface area contributed by atoms with Crippen molar-refractivity contribution in [3.8, 4) is 0 Å². The molecule has 9 heteroatoms. The van der Waals surface area contributed by atoms with E-state index in [1.165, 1.54) is 31.4 Å². The number of carbonyl (C=O) groups is 3. The average molecular weight is 474 g/mol. The molecule has 0 aromatic heterocycles. The number of carbonyl (C=O) groups excluding carboxylic acids is 3. The van der Waals surface area contributed by atoms with Gasteiger partial charge in [0.15, 0.2) is 0 Å². The van der Waals surface area contributed by atoms with Crippen LogP contribution >= 0.6 is 0 Å². The number of rotatable bonds is 5. The van der Waals surface area contributed by atoms with Gasteiger partial charge in [0.25, 0.3) is 0 Å². The lowest BCUT2D eigenvalue weighted by Crippen LogP contribution is -2.76. The summed E-state index contributed by atoms with van der Waals surface area (Å²) in [7, 11) is 1.72. The Labute approximate surface area is 201 Å². The summed E-state index contributed by atoms with van der Waals surface area (Å²) in [6.07, 6.45) is 5.30. The van der Waals surface area contributed by atoms with Gasteiger partial charge < -0.3 is 15.1 Å². The summed E-state index contributed by atoms with van der Waals surface area (Å²) >= 11 is 0. The van der Waals surface area contributed by atoms with Gasteiger partial charge >= 0.3 is 6.03 Å². The zero-order valence-electron chi connectivity index (χ0n) is 20.4. The molecule has 1 N–H and O–H groups in total. The van der Waals surface area contributed by atoms with Crippen molar-refractivity contribution < 1.29 is 18.8 Å². The lowest BCUT2D eigenvalue weighted by molar-refractivity contribution is -0.190. The van der Waals surface area contributed by atoms with E-state index in [1.807, 2.05) is 18.7 Å². The Hall–Kier alpha value is -2.68. The molecule has 0 spiro atoms. The number of likely N-dealkylation sites (N-methyl/N-ethyl adjacent to an activating group) is 1. The number of hydrazine groups is 1. The molecular weight excluding hydrogens is 437 g/mol. The fourth-order valence-electron chi connectivity index (χ4n) is 5.57. The van der Waals surface area contributed by atoms with E-state index in [9.17, 15) is 18.8 Å². The molecule has 34 heavy (non-hydrogen) atoms. The molecule has 0 bridgehead atoms. The van der Waals surface area contributed by atoms with Gasteiger partial charge in [-0.2, -0.15) is 0 Å². The molecule has 0 unspecified atom stereocenters. The Balaban J connectivity index is 1.55. The van der Waals surface area contributed by atoms with Gasteiger partial charge in [-0.05, 0) is 42.4 Å². The third-order valence-electron chi connectivity index (χ3n) is 7.27. The minimum Gasteiger partial charge on any atom is -0.337 e. The molecule has 0 radical (unpaired) electrons. The number of fused-ring (bicyclic) bond motifs is 1. The normalized spacial score (nSPS) is 24.6. The standard InChI is InChI=1S/C25H36FN5O3/c1-17(2)23-24(33)29(14-19-7-5-4-6-8-19)15-21-30(23)22(32)16-28(3)31(21)25(34)27-13-18-9-11-20(26)12-10-18/h9-12,17,19,21,23H,4-8,13-16H2,1-3H3,(H,27,34)/t21-,23-/m0/s1. The topological polar surface area (TPSA) is 76.2 Å². The monoisotopic (exact) mass is 473 g/mol. The number of amides is 4. The van der Waals surface area contributed by atoms with Crippen LogP contribution in [-0.4, -0.2) is 76.6 Å². The first-order valence-electron chi connectivity index (χ1n) is 12.4. The van der Waals surface area contributed by atoms with Crippen LogP contribution in [0.3, 0.4) is 0 Å². The first-order valence-corrected chi connectivity index (χ1v) is 12.4. The zero-order valence-corrected chi connectivity index (χ0v) is 20.4. The second-order valence-electron chi connectivity index (χ2n) is 10.2. The summed E-state index contributed by atoms with van der Waals surface area (Å²) in [6, 6.07) is 5.05. The molecule has 3 fully saturated rings. The third-order valence-corrected chi connectivity index (χ3v) is 7.27. The summed E-state index contributed by atoms with van der Waals surface area (Å²) in [5, 5.41) is 6.10. The first-order chi connectivity index (χ1) is 16.3. The number of halogens is 1. The summed E-state index contributed by atoms with van der Waals surface area (Å²) < 4.78 is 13.2. The van der Waals surface area contributed by atoms with Crippen LogP contribution < -0.4 is 5.32 Å². The molecule has 3 aliphatic rings. The van der Waals surface area contributed by atoms with Crippen molar-refractivity contribution in [3.63, 3.8) is 0 Å². The molecule has 1 saturated carbocycles. The summed E-state index contributed by atoms with van der Waals surface area (Å²) in [6.45, 7) is 5.15. The Morgan fingerprint density at radius 3 is 2.44 bits per heavy atom. The SMILES string of the molecule is CC(C)[C@H]1C(=O)N(CC2CCCCC2)C[C@H]2N1C(=O)CN(C)N2C(=O)NCc1ccc(F)cc1. The lowest BCUT2D eigenvalue weighted by Gasteiger charge is -2.55. The van der Waals surface area contributed by atoms with Crippen LogP contribution in [-0.2, 0) is 16.1 Å². The first kappa shape index (κ1) is 24.4. The number of hydrogen-bond acceptors (Lipinski definition) is 4. The number of urea groups is 1. The fourth-order valence-corrected chi connectivity index (χ4v) is 5.57. The third kappa shape index (κ3) is 5.04. The second kappa shape index (κ2) is 10.3. The molecule has 1 aliphatic carbocycles. The van der Waals surface area contributed by atoms with Crippen LogP contribution in [0, 0.1) is 17.7 Å². The quantitative estimate of drug-likeness (QED) is 0.714. The van der Waals surface area contributed by atoms with E-state index >= 15 is 0 Å². The van der Waals surface area contributed by atoms with Gasteiger partial charge in [0, 0.05) is 20.1 Å². The molecule has 8 nitrogen and oxygen atoms in total. The minimum atomic E-state index is -0.587. The van der Waals surface area contributed by atoms with Gasteiger partial charge in [0.2, 0.25) is 11.8 Å². The summed E-state index contributed by atoms with van der Waals surface area (Å²) in [5.41, 5.74) is 0.778. The van der Waals surface area contributed by atoms with Crippen LogP contribution in [0.1, 0.15) is 51.5 Å². The Morgan fingerprint density at radius 2 is 1.79 bits per heavy atom. The molecule has 1 aromatic rings. The predicted molar refractivity (Wildman–Crippen MR) is 126 cm³/mol. The maximum Gasteiger partial charge on any atom is 0.334 e. The molecule has 4 amide bonds. The smallest absolute Gasteiger partial charge is 0.334 e. The highest BCUT2D eigenvalue weighted by Gasteiger charge is 2.51. The Morgan fingerprint density at radius 1 is 1.12 bits per heavy atom. The number of nitrogens with one attached hydrogen (secondary N) is 1. The molecule has 1 aromatic carbocycles. The molecule has 2 saturated heterocycles. The fraction of sp³-hybridized carbons (Fsp3) is 0.640. The van der Waals surface area contributed by atoms with Crippen LogP contribution in [0.5, 0.6) is 0 Å². The minimum absolute atomic E-state index is 0.0126. The van der Waals surface area contributed by atoms with Crippen molar-refractivity contribution in [1.82, 2.24) is 25.1 Å². The highest BCUT2D eigenvalue weighted by molar-refractivity contribution is 5.91. The van der Waals surface area contributed by atoms with E-state index in [2.05, 4.69) is 5.32 Å². The van der Waals surface area contributed by atoms with Crippen molar-refractivity contribution in [2.45, 2.75) is 64.7 Å². The molecule has 2 heterocycles. The van der Waals surface area contributed by atoms with E-state index in [1.54, 1.807) is 34.1 Å². The Kier molecular flexibility index (Phi) is 7.40. The average Bonchev–Trinajstić information content (AvgIpc) is 2.80. The molecule has 2 atom stereocenters. The summed E-state index contributed by atoms with van der Waals surface area (Å²) in [4.78, 5) is 43.4. The van der Waals surface area contributed by atoms with Crippen LogP contribution in [0.4, 0.5) is 9.18 Å². The van der Waals surface area contributed by atoms with Gasteiger partial charge in [-0.25, -0.2) is 19.2 Å². The van der Waals surface area contributed by atoms with Gasteiger partial charge in [-0.3, -0.25) is 9.59 Å². The van der Waals surface area contributed by atoms with E-state index in [-0.39, 0.29) is 42.7 Å². The highest BCUT2D eigenvalue weighted by Crippen LogP contribution is 2.31. The van der Waals surface area contributed by atoms with Crippen molar-refractivity contribution in [1.29, 1.82) is 0 Å². The number of piperazine rings is 1. The zero-order chi connectivity index (χ0) is 24.4. The lowest BCUT2D eigenvalue weighted by atomic mass is 9.88. The largest absolute Gasteiger partial charge is 0.337 e. The Bertz CT molecular complexity index is 902. The maximum atomic E-state index is 13.5. The van der Waals surface area contributed by atoms with E-state index in [0.717, 1.165) is 18.4 Å². The van der Waals surface area contributed by atoms with Crippen LogP contribution in [0.15, 0.2) is 24.3 Å². The second-order valence-corrected chi connectivity index (χ2v) is 10.2. The van der Waals surface area contributed by atoms with Gasteiger partial charge in [0.05, 0.1) is 13.1 Å². The number of hydrogen-bond donors (Lipinski definition) is 1. The van der Waals surface area contributed by atoms with E-state index < -0.39 is 12.2 Å². The van der Waals surface area contributed by atoms with Crippen molar-refractivity contribution in [2.24, 2.45) is 11.8 Å². The maximum absolute atomic E-state index is 13.5. The number of nitrogens with zero attached hydrogens (tertiary/aromatic N) is 4. The predicted octanol–water partition coefficient (Wildman–Crippen LogP) is 2.80. The van der Waals surface area contributed by atoms with Gasteiger partial charge in [0.1, 0.15) is 18.0 Å². The van der Waals surface area contributed by atoms with Crippen molar-refractivity contribution in [3.05, 3.63) is 35.6 Å². The van der Waals surface area contributed by atoms with Gasteiger partial charge in [-0.15, -0.1) is 0 Å². The molecule has 4 rings (SSSR count). The van der Waals surface area contributed by atoms with Crippen molar-refractivity contribution >= 4 is 17.8 Å². The van der Waals surface area contributed by atoms with Crippen LogP contribution in [0.25, 0.3) is 0 Å². The van der Waals surface area contributed by atoms with E-state index in [4.69, 9.17) is 0 Å². The summed E-state index contributed by atoms with van der Waals surface area (Å²) in [5.74, 6) is -0.0824. The molecule has 2 aliphatic heterocycles. The van der Waals surface area contributed by atoms with E-state index in [0.29, 0.717) is 19.0 Å². The highest BCUT2D eigenvalue weighted by atomic mass is 19.1. The molecule has 186 valence electrons. The van der Waals surface area contributed by atoms with Crippen LogP contribution in [0.2, 0.25) is 0 Å². The van der Waals surface area contributed by atoms with Crippen molar-refractivity contribution in [2.75, 3.05) is 26.7 Å². The van der Waals surface area contributed by atoms with Gasteiger partial charge in [-0.1, -0.05) is 45.2 Å². The molecular formula is C25H36FN5O3. The number of benzene rings is 1.